The molecule has 0 unspecified atom stereocenters. The van der Waals surface area contributed by atoms with Crippen LogP contribution < -0.4 is 5.32 Å². The number of hydrogen-bond acceptors (Lipinski definition) is 3. The Balaban J connectivity index is 1.78. The molecule has 0 spiro atoms. The van der Waals surface area contributed by atoms with E-state index in [-0.39, 0.29) is 5.82 Å². The molecule has 1 aromatic heterocycles. The van der Waals surface area contributed by atoms with Crippen LogP contribution in [0.25, 0.3) is 17.1 Å². The molecule has 150 valence electrons. The SMILES string of the molecule is Cc1cccc(Cl)c1NC(=O)c1nc(-c2cccc(Cl)c2)n(-c2ccc(Br)cc2)n1. The molecule has 0 saturated heterocycles. The number of benzene rings is 3. The first-order valence-electron chi connectivity index (χ1n) is 8.98. The van der Waals surface area contributed by atoms with Gasteiger partial charge in [-0.1, -0.05) is 63.4 Å². The number of nitrogens with one attached hydrogen (secondary N) is 1. The third kappa shape index (κ3) is 4.26. The fraction of sp³-hybridized carbons (Fsp3) is 0.0455. The minimum Gasteiger partial charge on any atom is -0.318 e. The number of aromatic nitrogens is 3. The van der Waals surface area contributed by atoms with Crippen molar-refractivity contribution in [3.63, 3.8) is 0 Å². The predicted molar refractivity (Wildman–Crippen MR) is 124 cm³/mol. The van der Waals surface area contributed by atoms with Crippen molar-refractivity contribution < 1.29 is 4.79 Å². The Morgan fingerprint density at radius 3 is 2.47 bits per heavy atom. The lowest BCUT2D eigenvalue weighted by Crippen LogP contribution is -2.15. The van der Waals surface area contributed by atoms with Gasteiger partial charge in [-0.3, -0.25) is 4.79 Å². The van der Waals surface area contributed by atoms with E-state index < -0.39 is 5.91 Å². The van der Waals surface area contributed by atoms with Crippen molar-refractivity contribution in [2.75, 3.05) is 5.32 Å². The van der Waals surface area contributed by atoms with Gasteiger partial charge in [-0.25, -0.2) is 9.67 Å². The smallest absolute Gasteiger partial charge is 0.295 e. The van der Waals surface area contributed by atoms with E-state index in [1.807, 2.05) is 55.5 Å². The third-order valence-electron chi connectivity index (χ3n) is 4.42. The molecule has 0 atom stereocenters. The number of rotatable bonds is 4. The zero-order chi connectivity index (χ0) is 21.3. The molecule has 8 heteroatoms. The molecule has 5 nitrogen and oxygen atoms in total. The van der Waals surface area contributed by atoms with Gasteiger partial charge in [-0.2, -0.15) is 0 Å². The van der Waals surface area contributed by atoms with E-state index in [0.717, 1.165) is 21.3 Å². The van der Waals surface area contributed by atoms with Crippen LogP contribution in [0.3, 0.4) is 0 Å². The number of hydrogen-bond donors (Lipinski definition) is 1. The minimum atomic E-state index is -0.453. The average Bonchev–Trinajstić information content (AvgIpc) is 3.17. The Morgan fingerprint density at radius 1 is 1.03 bits per heavy atom. The zero-order valence-corrected chi connectivity index (χ0v) is 18.8. The Kier molecular flexibility index (Phi) is 5.90. The van der Waals surface area contributed by atoms with Gasteiger partial charge in [0.1, 0.15) is 0 Å². The predicted octanol–water partition coefficient (Wildman–Crippen LogP) is 6.56. The Morgan fingerprint density at radius 2 is 1.77 bits per heavy atom. The van der Waals surface area contributed by atoms with Gasteiger partial charge in [-0.15, -0.1) is 5.10 Å². The first-order chi connectivity index (χ1) is 14.4. The third-order valence-corrected chi connectivity index (χ3v) is 5.50. The maximum absolute atomic E-state index is 12.9. The van der Waals surface area contributed by atoms with Gasteiger partial charge in [0.25, 0.3) is 5.91 Å². The highest BCUT2D eigenvalue weighted by Gasteiger charge is 2.20. The Bertz CT molecular complexity index is 1220. The molecular weight excluding hydrogens is 487 g/mol. The number of anilines is 1. The summed E-state index contributed by atoms with van der Waals surface area (Å²) in [6.07, 6.45) is 0. The molecule has 0 aliphatic heterocycles. The summed E-state index contributed by atoms with van der Waals surface area (Å²) in [5.41, 5.74) is 2.88. The second-order valence-corrected chi connectivity index (χ2v) is 8.30. The lowest BCUT2D eigenvalue weighted by molar-refractivity contribution is 0.101. The molecule has 0 aliphatic carbocycles. The van der Waals surface area contributed by atoms with Crippen LogP contribution in [0.5, 0.6) is 0 Å². The molecule has 3 aromatic carbocycles. The van der Waals surface area contributed by atoms with Gasteiger partial charge in [0.2, 0.25) is 5.82 Å². The molecule has 4 aromatic rings. The van der Waals surface area contributed by atoms with Crippen molar-refractivity contribution in [1.29, 1.82) is 0 Å². The molecule has 1 amide bonds. The minimum absolute atomic E-state index is 0.0206. The molecule has 4 rings (SSSR count). The van der Waals surface area contributed by atoms with Crippen molar-refractivity contribution in [3.8, 4) is 17.1 Å². The van der Waals surface area contributed by atoms with Crippen LogP contribution in [0.1, 0.15) is 16.2 Å². The standard InChI is InChI=1S/C22H15BrCl2N4O/c1-13-4-2-7-18(25)19(13)26-22(30)20-27-21(14-5-3-6-16(24)12-14)29(28-20)17-10-8-15(23)9-11-17/h2-12H,1H3,(H,26,30). The average molecular weight is 502 g/mol. The van der Waals surface area contributed by atoms with Crippen LogP contribution >= 0.6 is 39.1 Å². The molecule has 0 bridgehead atoms. The highest BCUT2D eigenvalue weighted by Crippen LogP contribution is 2.27. The molecule has 1 heterocycles. The number of para-hydroxylation sites is 1. The van der Waals surface area contributed by atoms with E-state index >= 15 is 0 Å². The highest BCUT2D eigenvalue weighted by molar-refractivity contribution is 9.10. The van der Waals surface area contributed by atoms with E-state index in [9.17, 15) is 4.79 Å². The van der Waals surface area contributed by atoms with Crippen LogP contribution in [-0.4, -0.2) is 20.7 Å². The summed E-state index contributed by atoms with van der Waals surface area (Å²) < 4.78 is 2.55. The first kappa shape index (κ1) is 20.6. The summed E-state index contributed by atoms with van der Waals surface area (Å²) in [5, 5.41) is 8.29. The normalized spacial score (nSPS) is 10.8. The van der Waals surface area contributed by atoms with Crippen LogP contribution in [0, 0.1) is 6.92 Å². The van der Waals surface area contributed by atoms with Gasteiger partial charge >= 0.3 is 0 Å². The first-order valence-corrected chi connectivity index (χ1v) is 10.5. The largest absolute Gasteiger partial charge is 0.318 e. The molecule has 0 fully saturated rings. The fourth-order valence-corrected chi connectivity index (χ4v) is 3.67. The van der Waals surface area contributed by atoms with Crippen molar-refractivity contribution in [2.24, 2.45) is 0 Å². The number of aryl methyl sites for hydroxylation is 1. The van der Waals surface area contributed by atoms with Crippen molar-refractivity contribution >= 4 is 50.7 Å². The van der Waals surface area contributed by atoms with Gasteiger partial charge in [0.15, 0.2) is 5.82 Å². The zero-order valence-electron chi connectivity index (χ0n) is 15.7. The lowest BCUT2D eigenvalue weighted by atomic mass is 10.2. The lowest BCUT2D eigenvalue weighted by Gasteiger charge is -2.08. The molecule has 1 N–H and O–H groups in total. The second kappa shape index (κ2) is 8.60. The number of carbonyl (C=O) groups is 1. The van der Waals surface area contributed by atoms with Crippen LogP contribution in [-0.2, 0) is 0 Å². The number of nitrogens with zero attached hydrogens (tertiary/aromatic N) is 3. The monoisotopic (exact) mass is 500 g/mol. The van der Waals surface area contributed by atoms with Crippen molar-refractivity contribution in [2.45, 2.75) is 6.92 Å². The van der Waals surface area contributed by atoms with Gasteiger partial charge in [-0.05, 0) is 55.0 Å². The molecular formula is C22H15BrCl2N4O. The fourth-order valence-electron chi connectivity index (χ4n) is 2.94. The summed E-state index contributed by atoms with van der Waals surface area (Å²) >= 11 is 15.8. The topological polar surface area (TPSA) is 59.8 Å². The van der Waals surface area contributed by atoms with Crippen LogP contribution in [0.4, 0.5) is 5.69 Å². The summed E-state index contributed by atoms with van der Waals surface area (Å²) in [5.74, 6) is 0.0680. The Labute approximate surface area is 191 Å². The number of amides is 1. The Hall–Kier alpha value is -2.67. The molecule has 0 radical (unpaired) electrons. The van der Waals surface area contributed by atoms with E-state index in [4.69, 9.17) is 23.2 Å². The van der Waals surface area contributed by atoms with Gasteiger partial charge in [0.05, 0.1) is 16.4 Å². The van der Waals surface area contributed by atoms with Crippen LogP contribution in [0.15, 0.2) is 71.2 Å². The van der Waals surface area contributed by atoms with Crippen molar-refractivity contribution in [3.05, 3.63) is 92.6 Å². The number of carbonyl (C=O) groups excluding carboxylic acids is 1. The van der Waals surface area contributed by atoms with E-state index in [1.54, 1.807) is 22.9 Å². The van der Waals surface area contributed by atoms with Gasteiger partial charge in [0, 0.05) is 15.1 Å². The highest BCUT2D eigenvalue weighted by atomic mass is 79.9. The van der Waals surface area contributed by atoms with E-state index in [0.29, 0.717) is 21.6 Å². The van der Waals surface area contributed by atoms with Crippen molar-refractivity contribution in [1.82, 2.24) is 14.8 Å². The summed E-state index contributed by atoms with van der Waals surface area (Å²) in [6.45, 7) is 1.87. The second-order valence-electron chi connectivity index (χ2n) is 6.54. The maximum Gasteiger partial charge on any atom is 0.295 e. The van der Waals surface area contributed by atoms with E-state index in [2.05, 4.69) is 31.3 Å². The number of halogens is 3. The quantitative estimate of drug-likeness (QED) is 0.344. The summed E-state index contributed by atoms with van der Waals surface area (Å²) in [6, 6.07) is 20.2. The maximum atomic E-state index is 12.9. The van der Waals surface area contributed by atoms with Gasteiger partial charge < -0.3 is 5.32 Å². The summed E-state index contributed by atoms with van der Waals surface area (Å²) in [7, 11) is 0. The molecule has 0 aliphatic rings. The van der Waals surface area contributed by atoms with E-state index in [1.165, 1.54) is 0 Å². The van der Waals surface area contributed by atoms with Crippen LogP contribution in [0.2, 0.25) is 10.0 Å². The molecule has 30 heavy (non-hydrogen) atoms. The molecule has 0 saturated carbocycles. The summed E-state index contributed by atoms with van der Waals surface area (Å²) in [4.78, 5) is 17.4.